The van der Waals surface area contributed by atoms with Crippen LogP contribution in [0.1, 0.15) is 297 Å². The van der Waals surface area contributed by atoms with Crippen LogP contribution in [0.3, 0.4) is 0 Å². The molecule has 0 aromatic carbocycles. The zero-order valence-electron chi connectivity index (χ0n) is 48.6. The molecule has 0 saturated carbocycles. The van der Waals surface area contributed by atoms with Crippen LogP contribution in [0.25, 0.3) is 0 Å². The van der Waals surface area contributed by atoms with Gasteiger partial charge in [0.2, 0.25) is 0 Å². The molecule has 0 aromatic heterocycles. The summed E-state index contributed by atoms with van der Waals surface area (Å²) in [6.07, 6.45) is 82.6. The number of allylic oxidation sites excluding steroid dienone is 16. The van der Waals surface area contributed by atoms with Gasteiger partial charge in [-0.3, -0.25) is 14.4 Å². The number of esters is 3. The summed E-state index contributed by atoms with van der Waals surface area (Å²) >= 11 is 0. The summed E-state index contributed by atoms with van der Waals surface area (Å²) in [4.78, 5) is 38.3. The van der Waals surface area contributed by atoms with Crippen molar-refractivity contribution in [3.05, 3.63) is 97.2 Å². The van der Waals surface area contributed by atoms with Gasteiger partial charge in [-0.2, -0.15) is 0 Å². The molecule has 0 heterocycles. The molecule has 0 N–H and O–H groups in total. The normalized spacial score (nSPS) is 12.7. The highest BCUT2D eigenvalue weighted by Gasteiger charge is 2.19. The second-order valence-corrected chi connectivity index (χ2v) is 20.6. The number of carbonyl (C=O) groups excluding carboxylic acids is 3. The van der Waals surface area contributed by atoms with Gasteiger partial charge in [0.1, 0.15) is 13.2 Å². The van der Waals surface area contributed by atoms with Crippen LogP contribution in [-0.4, -0.2) is 37.2 Å². The van der Waals surface area contributed by atoms with E-state index in [1.807, 2.05) is 0 Å². The molecule has 1 unspecified atom stereocenters. The van der Waals surface area contributed by atoms with E-state index in [1.54, 1.807) is 0 Å². The SMILES string of the molecule is CC/C=C\C/C=C\C/C=C\C/C=C\C/C=C\C/C=C\C/C=C\CCCCCC(=O)OCC(COC(=O)CCCCCCCCCCCCCCCC)OC(=O)CCCCCCCCC/C=C\CCCCCCCC. The molecular formula is C68H116O6. The first-order valence-corrected chi connectivity index (χ1v) is 31.2. The molecular weight excluding hydrogens is 913 g/mol. The zero-order valence-corrected chi connectivity index (χ0v) is 48.6. The van der Waals surface area contributed by atoms with Crippen molar-refractivity contribution in [1.82, 2.24) is 0 Å². The number of ether oxygens (including phenoxy) is 3. The molecule has 0 rings (SSSR count). The van der Waals surface area contributed by atoms with Gasteiger partial charge in [0.15, 0.2) is 6.10 Å². The van der Waals surface area contributed by atoms with E-state index in [2.05, 4.69) is 118 Å². The molecule has 6 nitrogen and oxygen atoms in total. The molecule has 0 aliphatic carbocycles. The zero-order chi connectivity index (χ0) is 53.6. The summed E-state index contributed by atoms with van der Waals surface area (Å²) in [6, 6.07) is 0. The fourth-order valence-electron chi connectivity index (χ4n) is 8.65. The monoisotopic (exact) mass is 1030 g/mol. The molecule has 1 atom stereocenters. The van der Waals surface area contributed by atoms with Crippen LogP contribution < -0.4 is 0 Å². The van der Waals surface area contributed by atoms with E-state index in [9.17, 15) is 14.4 Å². The summed E-state index contributed by atoms with van der Waals surface area (Å²) in [7, 11) is 0. The number of carbonyl (C=O) groups is 3. The Bertz CT molecular complexity index is 1460. The first-order valence-electron chi connectivity index (χ1n) is 31.2. The second kappa shape index (κ2) is 61.9. The first kappa shape index (κ1) is 70.3. The molecule has 0 aliphatic heterocycles. The lowest BCUT2D eigenvalue weighted by Crippen LogP contribution is -2.30. The Hall–Kier alpha value is -3.67. The summed E-state index contributed by atoms with van der Waals surface area (Å²) in [6.45, 7) is 6.51. The molecule has 0 fully saturated rings. The lowest BCUT2D eigenvalue weighted by atomic mass is 10.0. The minimum atomic E-state index is -0.794. The van der Waals surface area contributed by atoms with Gasteiger partial charge in [0.05, 0.1) is 0 Å². The Balaban J connectivity index is 4.42. The maximum atomic E-state index is 12.9. The average molecular weight is 1030 g/mol. The largest absolute Gasteiger partial charge is 0.462 e. The Morgan fingerprint density at radius 1 is 0.284 bits per heavy atom. The van der Waals surface area contributed by atoms with Gasteiger partial charge in [-0.15, -0.1) is 0 Å². The van der Waals surface area contributed by atoms with Gasteiger partial charge < -0.3 is 14.2 Å². The van der Waals surface area contributed by atoms with Crippen LogP contribution in [0, 0.1) is 0 Å². The Morgan fingerprint density at radius 3 is 0.851 bits per heavy atom. The Labute approximate surface area is 457 Å². The lowest BCUT2D eigenvalue weighted by molar-refractivity contribution is -0.167. The summed E-state index contributed by atoms with van der Waals surface area (Å²) in [5.74, 6) is -0.917. The van der Waals surface area contributed by atoms with Crippen molar-refractivity contribution >= 4 is 17.9 Å². The average Bonchev–Trinajstić information content (AvgIpc) is 3.40. The van der Waals surface area contributed by atoms with Crippen molar-refractivity contribution in [2.75, 3.05) is 13.2 Å². The van der Waals surface area contributed by atoms with Crippen molar-refractivity contribution in [2.24, 2.45) is 0 Å². The van der Waals surface area contributed by atoms with Gasteiger partial charge in [-0.1, -0.05) is 272 Å². The second-order valence-electron chi connectivity index (χ2n) is 20.6. The summed E-state index contributed by atoms with van der Waals surface area (Å²) in [5, 5.41) is 0. The third kappa shape index (κ3) is 59.2. The van der Waals surface area contributed by atoms with E-state index >= 15 is 0 Å². The smallest absolute Gasteiger partial charge is 0.306 e. The third-order valence-electron chi connectivity index (χ3n) is 13.3. The van der Waals surface area contributed by atoms with E-state index in [0.29, 0.717) is 19.3 Å². The van der Waals surface area contributed by atoms with E-state index in [4.69, 9.17) is 14.2 Å². The molecule has 0 saturated heterocycles. The number of unbranched alkanes of at least 4 members (excludes halogenated alkanes) is 29. The van der Waals surface area contributed by atoms with Gasteiger partial charge in [0, 0.05) is 19.3 Å². The van der Waals surface area contributed by atoms with Crippen molar-refractivity contribution in [3.8, 4) is 0 Å². The summed E-state index contributed by atoms with van der Waals surface area (Å²) in [5.41, 5.74) is 0. The highest BCUT2D eigenvalue weighted by atomic mass is 16.6. The van der Waals surface area contributed by atoms with Crippen molar-refractivity contribution in [1.29, 1.82) is 0 Å². The summed E-state index contributed by atoms with van der Waals surface area (Å²) < 4.78 is 16.9. The highest BCUT2D eigenvalue weighted by Crippen LogP contribution is 2.16. The molecule has 0 spiro atoms. The topological polar surface area (TPSA) is 78.9 Å². The molecule has 0 amide bonds. The number of hydrogen-bond acceptors (Lipinski definition) is 6. The molecule has 0 aromatic rings. The van der Waals surface area contributed by atoms with Gasteiger partial charge >= 0.3 is 17.9 Å². The maximum absolute atomic E-state index is 12.9. The van der Waals surface area contributed by atoms with E-state index in [1.165, 1.54) is 148 Å². The Kier molecular flexibility index (Phi) is 58.8. The van der Waals surface area contributed by atoms with Gasteiger partial charge in [0.25, 0.3) is 0 Å². The fraction of sp³-hybridized carbons (Fsp3) is 0.721. The fourth-order valence-corrected chi connectivity index (χ4v) is 8.65. The molecule has 0 aliphatic rings. The van der Waals surface area contributed by atoms with Crippen LogP contribution >= 0.6 is 0 Å². The maximum Gasteiger partial charge on any atom is 0.306 e. The predicted octanol–water partition coefficient (Wildman–Crippen LogP) is 21.3. The van der Waals surface area contributed by atoms with Crippen LogP contribution in [0.4, 0.5) is 0 Å². The molecule has 6 heteroatoms. The van der Waals surface area contributed by atoms with Crippen LogP contribution in [-0.2, 0) is 28.6 Å². The van der Waals surface area contributed by atoms with Crippen LogP contribution in [0.15, 0.2) is 97.2 Å². The van der Waals surface area contributed by atoms with E-state index < -0.39 is 6.10 Å². The predicted molar refractivity (Wildman–Crippen MR) is 320 cm³/mol. The quantitative estimate of drug-likeness (QED) is 0.0261. The third-order valence-corrected chi connectivity index (χ3v) is 13.3. The number of rotatable bonds is 56. The van der Waals surface area contributed by atoms with Crippen molar-refractivity contribution in [3.63, 3.8) is 0 Å². The minimum absolute atomic E-state index is 0.0877. The van der Waals surface area contributed by atoms with Crippen molar-refractivity contribution in [2.45, 2.75) is 303 Å². The molecule has 0 radical (unpaired) electrons. The Morgan fingerprint density at radius 2 is 0.527 bits per heavy atom. The van der Waals surface area contributed by atoms with Crippen LogP contribution in [0.2, 0.25) is 0 Å². The number of hydrogen-bond donors (Lipinski definition) is 0. The van der Waals surface area contributed by atoms with Crippen molar-refractivity contribution < 1.29 is 28.6 Å². The minimum Gasteiger partial charge on any atom is -0.462 e. The molecule has 0 bridgehead atoms. The van der Waals surface area contributed by atoms with E-state index in [-0.39, 0.29) is 31.1 Å². The molecule has 74 heavy (non-hydrogen) atoms. The van der Waals surface area contributed by atoms with Gasteiger partial charge in [-0.05, 0) is 103 Å². The standard InChI is InChI=1S/C68H116O6/c1-4-7-10-13-16-19-22-25-28-30-31-32-33-34-35-36-37-39-40-43-46-49-52-55-58-61-67(70)73-64-65(63-72-66(69)60-57-54-51-48-45-42-27-24-21-18-15-12-9-6-3)74-68(71)62-59-56-53-50-47-44-41-38-29-26-23-20-17-14-11-8-5-2/h7,10,16,19,25-26,28-29,31-32,34-35,37,39,43,46,65H,4-6,8-9,11-15,17-18,20-24,27,30,33,36,38,40-42,44-45,47-64H2,1-3H3/b10-7-,19-16-,28-25-,29-26-,32-31-,35-34-,39-37-,46-43-. The van der Waals surface area contributed by atoms with Crippen LogP contribution in [0.5, 0.6) is 0 Å². The first-order chi connectivity index (χ1) is 36.5. The molecule has 424 valence electrons. The van der Waals surface area contributed by atoms with E-state index in [0.717, 1.165) is 109 Å². The van der Waals surface area contributed by atoms with Gasteiger partial charge in [-0.25, -0.2) is 0 Å². The lowest BCUT2D eigenvalue weighted by Gasteiger charge is -2.18. The highest BCUT2D eigenvalue weighted by molar-refractivity contribution is 5.71.